The van der Waals surface area contributed by atoms with Crippen LogP contribution < -0.4 is 0 Å². The number of allylic oxidation sites excluding steroid dienone is 1. The molecular formula is C15H17FO. The number of aliphatic hydroxyl groups excluding tert-OH is 1. The van der Waals surface area contributed by atoms with E-state index in [1.807, 2.05) is 12.1 Å². The van der Waals surface area contributed by atoms with Crippen molar-refractivity contribution in [1.82, 2.24) is 0 Å². The zero-order chi connectivity index (χ0) is 11.9. The predicted octanol–water partition coefficient (Wildman–Crippen LogP) is 3.42. The van der Waals surface area contributed by atoms with Crippen molar-refractivity contribution >= 4 is 6.08 Å². The van der Waals surface area contributed by atoms with Crippen LogP contribution in [-0.2, 0) is 5.41 Å². The lowest BCUT2D eigenvalue weighted by Crippen LogP contribution is -2.35. The first-order valence-corrected chi connectivity index (χ1v) is 6.34. The SMILES string of the molecule is OC1CCC2(CC=Cc3cc(F)ccc32)CC1. The summed E-state index contributed by atoms with van der Waals surface area (Å²) < 4.78 is 13.2. The molecule has 1 fully saturated rings. The molecule has 2 heteroatoms. The van der Waals surface area contributed by atoms with E-state index in [2.05, 4.69) is 6.08 Å². The molecule has 0 aromatic heterocycles. The summed E-state index contributed by atoms with van der Waals surface area (Å²) >= 11 is 0. The van der Waals surface area contributed by atoms with E-state index < -0.39 is 0 Å². The van der Waals surface area contributed by atoms with E-state index in [0.29, 0.717) is 0 Å². The van der Waals surface area contributed by atoms with E-state index in [1.165, 1.54) is 5.56 Å². The normalized spacial score (nSPS) is 31.5. The fraction of sp³-hybridized carbons (Fsp3) is 0.467. The van der Waals surface area contributed by atoms with Gasteiger partial charge in [0.25, 0.3) is 0 Å². The predicted molar refractivity (Wildman–Crippen MR) is 66.2 cm³/mol. The van der Waals surface area contributed by atoms with Crippen molar-refractivity contribution in [3.8, 4) is 0 Å². The monoisotopic (exact) mass is 232 g/mol. The van der Waals surface area contributed by atoms with Gasteiger partial charge < -0.3 is 5.11 Å². The van der Waals surface area contributed by atoms with E-state index in [4.69, 9.17) is 0 Å². The summed E-state index contributed by atoms with van der Waals surface area (Å²) in [6.07, 6.45) is 8.81. The molecule has 1 spiro atoms. The molecule has 90 valence electrons. The number of benzene rings is 1. The lowest BCUT2D eigenvalue weighted by atomic mass is 9.64. The molecule has 0 radical (unpaired) electrons. The number of hydrogen-bond acceptors (Lipinski definition) is 1. The Balaban J connectivity index is 2.02. The summed E-state index contributed by atoms with van der Waals surface area (Å²) in [7, 11) is 0. The van der Waals surface area contributed by atoms with Crippen molar-refractivity contribution in [3.05, 3.63) is 41.2 Å². The third-order valence-electron chi connectivity index (χ3n) is 4.30. The number of halogens is 1. The van der Waals surface area contributed by atoms with Crippen LogP contribution in [0, 0.1) is 5.82 Å². The van der Waals surface area contributed by atoms with Crippen LogP contribution in [0.3, 0.4) is 0 Å². The van der Waals surface area contributed by atoms with Crippen LogP contribution in [-0.4, -0.2) is 11.2 Å². The largest absolute Gasteiger partial charge is 0.393 e. The Bertz CT molecular complexity index is 456. The van der Waals surface area contributed by atoms with E-state index >= 15 is 0 Å². The van der Waals surface area contributed by atoms with E-state index in [0.717, 1.165) is 37.7 Å². The van der Waals surface area contributed by atoms with Gasteiger partial charge in [-0.1, -0.05) is 18.2 Å². The topological polar surface area (TPSA) is 20.2 Å². The van der Waals surface area contributed by atoms with Gasteiger partial charge in [-0.05, 0) is 60.8 Å². The third-order valence-corrected chi connectivity index (χ3v) is 4.30. The summed E-state index contributed by atoms with van der Waals surface area (Å²) in [6, 6.07) is 5.12. The maximum absolute atomic E-state index is 13.2. The van der Waals surface area contributed by atoms with Gasteiger partial charge in [-0.15, -0.1) is 0 Å². The van der Waals surface area contributed by atoms with Gasteiger partial charge in [0, 0.05) is 0 Å². The molecule has 17 heavy (non-hydrogen) atoms. The molecule has 1 nitrogen and oxygen atoms in total. The summed E-state index contributed by atoms with van der Waals surface area (Å²) in [4.78, 5) is 0. The molecule has 0 bridgehead atoms. The lowest BCUT2D eigenvalue weighted by molar-refractivity contribution is 0.0953. The molecule has 3 rings (SSSR count). The van der Waals surface area contributed by atoms with Crippen molar-refractivity contribution in [1.29, 1.82) is 0 Å². The third kappa shape index (κ3) is 1.81. The van der Waals surface area contributed by atoms with Crippen molar-refractivity contribution in [2.24, 2.45) is 0 Å². The highest BCUT2D eigenvalue weighted by atomic mass is 19.1. The lowest BCUT2D eigenvalue weighted by Gasteiger charge is -2.41. The zero-order valence-corrected chi connectivity index (χ0v) is 9.82. The Morgan fingerprint density at radius 2 is 2.00 bits per heavy atom. The minimum Gasteiger partial charge on any atom is -0.393 e. The second-order valence-electron chi connectivity index (χ2n) is 5.35. The molecule has 0 saturated heterocycles. The maximum atomic E-state index is 13.2. The van der Waals surface area contributed by atoms with Gasteiger partial charge in [0.2, 0.25) is 0 Å². The average molecular weight is 232 g/mol. The Morgan fingerprint density at radius 1 is 1.24 bits per heavy atom. The summed E-state index contributed by atoms with van der Waals surface area (Å²) in [5.41, 5.74) is 2.44. The van der Waals surface area contributed by atoms with Crippen LogP contribution in [0.15, 0.2) is 24.3 Å². The summed E-state index contributed by atoms with van der Waals surface area (Å²) in [6.45, 7) is 0. The van der Waals surface area contributed by atoms with Crippen molar-refractivity contribution < 1.29 is 9.50 Å². The smallest absolute Gasteiger partial charge is 0.123 e. The molecule has 0 amide bonds. The van der Waals surface area contributed by atoms with Gasteiger partial charge in [0.05, 0.1) is 6.10 Å². The standard InChI is InChI=1S/C15H17FO/c16-12-3-4-14-11(10-12)2-1-7-15(14)8-5-13(17)6-9-15/h1-4,10,13,17H,5-9H2. The fourth-order valence-electron chi connectivity index (χ4n) is 3.30. The Labute approximate surface area is 101 Å². The molecule has 2 aliphatic rings. The first-order valence-electron chi connectivity index (χ1n) is 6.34. The van der Waals surface area contributed by atoms with Crippen molar-refractivity contribution in [2.45, 2.75) is 43.6 Å². The number of aliphatic hydroxyl groups is 1. The quantitative estimate of drug-likeness (QED) is 0.726. The molecule has 2 aliphatic carbocycles. The molecule has 0 unspecified atom stereocenters. The average Bonchev–Trinajstić information content (AvgIpc) is 2.33. The first kappa shape index (κ1) is 11.0. The molecule has 1 aromatic rings. The highest BCUT2D eigenvalue weighted by Gasteiger charge is 2.38. The Morgan fingerprint density at radius 3 is 2.76 bits per heavy atom. The van der Waals surface area contributed by atoms with Crippen LogP contribution in [0.5, 0.6) is 0 Å². The van der Waals surface area contributed by atoms with Crippen LogP contribution in [0.4, 0.5) is 4.39 Å². The van der Waals surface area contributed by atoms with Gasteiger partial charge in [-0.25, -0.2) is 4.39 Å². The van der Waals surface area contributed by atoms with Gasteiger partial charge in [-0.2, -0.15) is 0 Å². The van der Waals surface area contributed by atoms with Crippen molar-refractivity contribution in [2.75, 3.05) is 0 Å². The van der Waals surface area contributed by atoms with Crippen LogP contribution >= 0.6 is 0 Å². The zero-order valence-electron chi connectivity index (χ0n) is 9.82. The van der Waals surface area contributed by atoms with E-state index in [1.54, 1.807) is 12.1 Å². The molecule has 0 aliphatic heterocycles. The second kappa shape index (κ2) is 3.95. The molecule has 0 heterocycles. The molecule has 1 saturated carbocycles. The Kier molecular flexibility index (Phi) is 2.55. The molecule has 1 aromatic carbocycles. The van der Waals surface area contributed by atoms with Gasteiger partial charge in [-0.3, -0.25) is 0 Å². The molecular weight excluding hydrogens is 215 g/mol. The minimum atomic E-state index is -0.165. The van der Waals surface area contributed by atoms with Crippen LogP contribution in [0.1, 0.15) is 43.2 Å². The number of hydrogen-bond donors (Lipinski definition) is 1. The van der Waals surface area contributed by atoms with E-state index in [-0.39, 0.29) is 17.3 Å². The van der Waals surface area contributed by atoms with Crippen LogP contribution in [0.2, 0.25) is 0 Å². The molecule has 0 atom stereocenters. The van der Waals surface area contributed by atoms with Gasteiger partial charge in [0.15, 0.2) is 0 Å². The number of rotatable bonds is 0. The van der Waals surface area contributed by atoms with Crippen LogP contribution in [0.25, 0.3) is 6.08 Å². The number of fused-ring (bicyclic) bond motifs is 2. The maximum Gasteiger partial charge on any atom is 0.123 e. The van der Waals surface area contributed by atoms with Gasteiger partial charge >= 0.3 is 0 Å². The Hall–Kier alpha value is -1.15. The second-order valence-corrected chi connectivity index (χ2v) is 5.35. The van der Waals surface area contributed by atoms with Crippen molar-refractivity contribution in [3.63, 3.8) is 0 Å². The fourth-order valence-corrected chi connectivity index (χ4v) is 3.30. The van der Waals surface area contributed by atoms with Gasteiger partial charge in [0.1, 0.15) is 5.82 Å². The first-order chi connectivity index (χ1) is 8.20. The highest BCUT2D eigenvalue weighted by molar-refractivity contribution is 5.59. The highest BCUT2D eigenvalue weighted by Crippen LogP contribution is 2.46. The van der Waals surface area contributed by atoms with E-state index in [9.17, 15) is 9.50 Å². The molecule has 1 N–H and O–H groups in total. The summed E-state index contributed by atoms with van der Waals surface area (Å²) in [5, 5.41) is 9.64. The minimum absolute atomic E-state index is 0.143. The summed E-state index contributed by atoms with van der Waals surface area (Å²) in [5.74, 6) is -0.165.